The molecule has 0 unspecified atom stereocenters. The van der Waals surface area contributed by atoms with E-state index in [2.05, 4.69) is 15.4 Å². The molecule has 0 aliphatic rings. The first-order chi connectivity index (χ1) is 9.63. The van der Waals surface area contributed by atoms with Gasteiger partial charge in [0, 0.05) is 5.02 Å². The van der Waals surface area contributed by atoms with Gasteiger partial charge < -0.3 is 5.32 Å². The lowest BCUT2D eigenvalue weighted by atomic mass is 10.3. The lowest BCUT2D eigenvalue weighted by molar-refractivity contribution is 0.101. The summed E-state index contributed by atoms with van der Waals surface area (Å²) in [7, 11) is 0. The second kappa shape index (κ2) is 4.90. The molecule has 1 amide bonds. The minimum Gasteiger partial charge on any atom is -0.305 e. The number of aromatic nitrogens is 3. The van der Waals surface area contributed by atoms with Gasteiger partial charge in [0.1, 0.15) is 17.3 Å². The van der Waals surface area contributed by atoms with E-state index in [9.17, 15) is 9.18 Å². The molecule has 3 aromatic heterocycles. The number of nitrogens with one attached hydrogen (secondary N) is 1. The molecule has 100 valence electrons. The van der Waals surface area contributed by atoms with Gasteiger partial charge in [0.15, 0.2) is 0 Å². The van der Waals surface area contributed by atoms with Crippen LogP contribution in [0.5, 0.6) is 0 Å². The van der Waals surface area contributed by atoms with Gasteiger partial charge in [-0.2, -0.15) is 5.10 Å². The number of carbonyl (C=O) groups is 1. The molecule has 3 aromatic rings. The average molecular weight is 291 g/mol. The summed E-state index contributed by atoms with van der Waals surface area (Å²) in [6.07, 6.45) is 2.59. The molecule has 7 heteroatoms. The Hall–Kier alpha value is -2.47. The normalized spacial score (nSPS) is 10.7. The molecule has 0 aliphatic heterocycles. The quantitative estimate of drug-likeness (QED) is 0.789. The molecule has 3 heterocycles. The summed E-state index contributed by atoms with van der Waals surface area (Å²) in [6, 6.07) is 7.52. The van der Waals surface area contributed by atoms with E-state index in [0.717, 1.165) is 6.20 Å². The highest BCUT2D eigenvalue weighted by Crippen LogP contribution is 2.16. The molecule has 0 radical (unpaired) electrons. The lowest BCUT2D eigenvalue weighted by Gasteiger charge is -2.07. The van der Waals surface area contributed by atoms with Crippen LogP contribution < -0.4 is 5.32 Å². The predicted molar refractivity (Wildman–Crippen MR) is 72.4 cm³/mol. The van der Waals surface area contributed by atoms with Crippen LogP contribution in [-0.2, 0) is 0 Å². The van der Waals surface area contributed by atoms with Gasteiger partial charge in [-0.3, -0.25) is 4.79 Å². The molecular formula is C13H8ClFN4O. The summed E-state index contributed by atoms with van der Waals surface area (Å²) >= 11 is 5.96. The Morgan fingerprint density at radius 1 is 1.30 bits per heavy atom. The first-order valence-electron chi connectivity index (χ1n) is 5.70. The van der Waals surface area contributed by atoms with Crippen LogP contribution in [-0.4, -0.2) is 20.5 Å². The van der Waals surface area contributed by atoms with E-state index in [-0.39, 0.29) is 11.5 Å². The van der Waals surface area contributed by atoms with Gasteiger partial charge in [-0.25, -0.2) is 13.9 Å². The molecule has 0 saturated carbocycles. The number of amides is 1. The highest BCUT2D eigenvalue weighted by molar-refractivity contribution is 6.31. The number of fused-ring (bicyclic) bond motifs is 1. The van der Waals surface area contributed by atoms with Crippen LogP contribution >= 0.6 is 11.6 Å². The molecule has 1 N–H and O–H groups in total. The van der Waals surface area contributed by atoms with Crippen molar-refractivity contribution >= 4 is 28.8 Å². The molecular weight excluding hydrogens is 283 g/mol. The van der Waals surface area contributed by atoms with Crippen LogP contribution in [0.3, 0.4) is 0 Å². The first-order valence-corrected chi connectivity index (χ1v) is 6.07. The van der Waals surface area contributed by atoms with Crippen molar-refractivity contribution in [2.75, 3.05) is 5.32 Å². The third-order valence-electron chi connectivity index (χ3n) is 2.66. The zero-order valence-corrected chi connectivity index (χ0v) is 10.8. The molecule has 0 spiro atoms. The predicted octanol–water partition coefficient (Wildman–Crippen LogP) is 2.77. The molecule has 3 rings (SSSR count). The third-order valence-corrected chi connectivity index (χ3v) is 2.88. The van der Waals surface area contributed by atoms with Crippen LogP contribution in [0.2, 0.25) is 5.02 Å². The fraction of sp³-hybridized carbons (Fsp3) is 0. The van der Waals surface area contributed by atoms with Crippen molar-refractivity contribution in [3.63, 3.8) is 0 Å². The van der Waals surface area contributed by atoms with Crippen molar-refractivity contribution in [2.24, 2.45) is 0 Å². The Bertz CT molecular complexity index is 785. The Labute approximate surface area is 118 Å². The largest absolute Gasteiger partial charge is 0.305 e. The Morgan fingerprint density at radius 3 is 2.90 bits per heavy atom. The minimum absolute atomic E-state index is 0.247. The molecule has 0 aliphatic carbocycles. The van der Waals surface area contributed by atoms with Gasteiger partial charge in [0.2, 0.25) is 0 Å². The van der Waals surface area contributed by atoms with E-state index in [1.165, 1.54) is 22.7 Å². The maximum atomic E-state index is 12.8. The molecule has 0 saturated heterocycles. The standard InChI is InChI=1S/C13H8ClFN4O/c14-8-5-10-3-4-17-19(10)11(6-8)13(20)18-12-2-1-9(15)7-16-12/h1-7H,(H,16,18,20). The molecule has 0 bridgehead atoms. The van der Waals surface area contributed by atoms with Gasteiger partial charge in [-0.05, 0) is 30.3 Å². The SMILES string of the molecule is O=C(Nc1ccc(F)cn1)c1cc(Cl)cc2ccnn12. The van der Waals surface area contributed by atoms with Crippen LogP contribution in [0.25, 0.3) is 5.52 Å². The monoisotopic (exact) mass is 290 g/mol. The first kappa shape index (κ1) is 12.6. The van der Waals surface area contributed by atoms with Crippen LogP contribution in [0.4, 0.5) is 10.2 Å². The van der Waals surface area contributed by atoms with Gasteiger partial charge in [-0.1, -0.05) is 11.6 Å². The Balaban J connectivity index is 1.96. The van der Waals surface area contributed by atoms with Crippen molar-refractivity contribution in [3.05, 3.63) is 59.3 Å². The summed E-state index contributed by atoms with van der Waals surface area (Å²) in [4.78, 5) is 16.0. The molecule has 5 nitrogen and oxygen atoms in total. The minimum atomic E-state index is -0.472. The highest BCUT2D eigenvalue weighted by Gasteiger charge is 2.13. The zero-order chi connectivity index (χ0) is 14.1. The van der Waals surface area contributed by atoms with E-state index in [1.54, 1.807) is 18.3 Å². The second-order valence-electron chi connectivity index (χ2n) is 4.04. The number of pyridine rings is 2. The summed E-state index contributed by atoms with van der Waals surface area (Å²) in [5.74, 6) is -0.655. The number of rotatable bonds is 2. The number of hydrogen-bond acceptors (Lipinski definition) is 3. The van der Waals surface area contributed by atoms with E-state index in [0.29, 0.717) is 10.5 Å². The summed E-state index contributed by atoms with van der Waals surface area (Å²) in [5.41, 5.74) is 0.971. The van der Waals surface area contributed by atoms with Crippen molar-refractivity contribution in [3.8, 4) is 0 Å². The maximum absolute atomic E-state index is 12.8. The van der Waals surface area contributed by atoms with Crippen molar-refractivity contribution in [1.29, 1.82) is 0 Å². The third kappa shape index (κ3) is 2.33. The van der Waals surface area contributed by atoms with Gasteiger partial charge in [0.25, 0.3) is 5.91 Å². The summed E-state index contributed by atoms with van der Waals surface area (Å²) in [6.45, 7) is 0. The second-order valence-corrected chi connectivity index (χ2v) is 4.48. The highest BCUT2D eigenvalue weighted by atomic mass is 35.5. The number of nitrogens with zero attached hydrogens (tertiary/aromatic N) is 3. The maximum Gasteiger partial charge on any atom is 0.275 e. The summed E-state index contributed by atoms with van der Waals surface area (Å²) < 4.78 is 14.2. The smallest absolute Gasteiger partial charge is 0.275 e. The van der Waals surface area contributed by atoms with Gasteiger partial charge in [-0.15, -0.1) is 0 Å². The Morgan fingerprint density at radius 2 is 2.15 bits per heavy atom. The van der Waals surface area contributed by atoms with E-state index in [1.807, 2.05) is 0 Å². The fourth-order valence-electron chi connectivity index (χ4n) is 1.79. The van der Waals surface area contributed by atoms with Crippen molar-refractivity contribution in [2.45, 2.75) is 0 Å². The van der Waals surface area contributed by atoms with Crippen LogP contribution in [0.15, 0.2) is 42.7 Å². The number of halogens is 2. The Kier molecular flexibility index (Phi) is 3.08. The summed E-state index contributed by atoms with van der Waals surface area (Å²) in [5, 5.41) is 7.04. The van der Waals surface area contributed by atoms with Gasteiger partial charge in [0.05, 0.1) is 17.9 Å². The number of hydrogen-bond donors (Lipinski definition) is 1. The number of carbonyl (C=O) groups excluding carboxylic acids is 1. The molecule has 0 fully saturated rings. The number of anilines is 1. The van der Waals surface area contributed by atoms with E-state index < -0.39 is 11.7 Å². The average Bonchev–Trinajstić information content (AvgIpc) is 2.88. The zero-order valence-electron chi connectivity index (χ0n) is 10.0. The fourth-order valence-corrected chi connectivity index (χ4v) is 2.01. The molecule has 0 aromatic carbocycles. The van der Waals surface area contributed by atoms with Crippen molar-refractivity contribution < 1.29 is 9.18 Å². The lowest BCUT2D eigenvalue weighted by Crippen LogP contribution is -2.17. The molecule has 20 heavy (non-hydrogen) atoms. The van der Waals surface area contributed by atoms with Gasteiger partial charge >= 0.3 is 0 Å². The van der Waals surface area contributed by atoms with E-state index in [4.69, 9.17) is 11.6 Å². The topological polar surface area (TPSA) is 59.3 Å². The van der Waals surface area contributed by atoms with Crippen LogP contribution in [0.1, 0.15) is 10.5 Å². The van der Waals surface area contributed by atoms with E-state index >= 15 is 0 Å². The van der Waals surface area contributed by atoms with Crippen LogP contribution in [0, 0.1) is 5.82 Å². The molecule has 0 atom stereocenters. The van der Waals surface area contributed by atoms with Crippen molar-refractivity contribution in [1.82, 2.24) is 14.6 Å².